The quantitative estimate of drug-likeness (QED) is 0.233. The zero-order valence-electron chi connectivity index (χ0n) is 17.4. The topological polar surface area (TPSA) is 81.7 Å². The number of aryl methyl sites for hydroxylation is 1. The largest absolute Gasteiger partial charge is 0.322 e. The van der Waals surface area contributed by atoms with Crippen LogP contribution in [0.1, 0.15) is 25.8 Å². The lowest BCUT2D eigenvalue weighted by Gasteiger charge is -2.24. The first-order valence-corrected chi connectivity index (χ1v) is 9.52. The minimum Gasteiger partial charge on any atom is -0.320 e. The van der Waals surface area contributed by atoms with Gasteiger partial charge in [-0.15, -0.1) is 0 Å². The minimum atomic E-state index is -0.650. The van der Waals surface area contributed by atoms with Gasteiger partial charge in [-0.25, -0.2) is 10.3 Å². The number of benzene rings is 1. The summed E-state index contributed by atoms with van der Waals surface area (Å²) in [5.41, 5.74) is 4.30. The number of nitrogens with one attached hydrogen (secondary N) is 2. The van der Waals surface area contributed by atoms with Crippen molar-refractivity contribution in [2.45, 2.75) is 27.2 Å². The number of hydrogen-bond donors (Lipinski definition) is 3. The molecule has 0 atom stereocenters. The molecule has 6 nitrogen and oxygen atoms in total. The van der Waals surface area contributed by atoms with Crippen LogP contribution in [0.3, 0.4) is 0 Å². The normalized spacial score (nSPS) is 11.4. The molecular weight excluding hydrogens is 366 g/mol. The summed E-state index contributed by atoms with van der Waals surface area (Å²) in [7, 11) is 0. The third kappa shape index (κ3) is 9.08. The van der Waals surface area contributed by atoms with Crippen molar-refractivity contribution >= 4 is 17.6 Å². The van der Waals surface area contributed by atoms with Crippen molar-refractivity contribution in [3.63, 3.8) is 0 Å². The Kier molecular flexibility index (Phi) is 10.2. The van der Waals surface area contributed by atoms with Crippen LogP contribution in [0.2, 0.25) is 0 Å². The van der Waals surface area contributed by atoms with E-state index in [1.54, 1.807) is 16.5 Å². The van der Waals surface area contributed by atoms with E-state index in [1.165, 1.54) is 18.2 Å². The number of allylic oxidation sites excluding steroid dienone is 2. The molecule has 3 N–H and O–H groups in total. The van der Waals surface area contributed by atoms with Crippen LogP contribution in [0.5, 0.6) is 0 Å². The number of nitrogens with zero attached hydrogens (tertiary/aromatic N) is 1. The molecule has 29 heavy (non-hydrogen) atoms. The third-order valence-corrected chi connectivity index (χ3v) is 4.12. The van der Waals surface area contributed by atoms with Gasteiger partial charge in [-0.3, -0.25) is 10.0 Å². The van der Waals surface area contributed by atoms with Crippen LogP contribution in [0, 0.1) is 12.8 Å². The summed E-state index contributed by atoms with van der Waals surface area (Å²) >= 11 is 0. The maximum Gasteiger partial charge on any atom is 0.322 e. The van der Waals surface area contributed by atoms with Crippen LogP contribution in [-0.4, -0.2) is 35.1 Å². The van der Waals surface area contributed by atoms with Gasteiger partial charge in [0.1, 0.15) is 0 Å². The maximum absolute atomic E-state index is 12.8. The monoisotopic (exact) mass is 397 g/mol. The van der Waals surface area contributed by atoms with Crippen molar-refractivity contribution in [2.24, 2.45) is 5.92 Å². The molecule has 0 fully saturated rings. The van der Waals surface area contributed by atoms with E-state index in [0.717, 1.165) is 17.7 Å². The van der Waals surface area contributed by atoms with Gasteiger partial charge in [-0.05, 0) is 49.1 Å². The number of amides is 3. The number of carbonyl (C=O) groups excluding carboxylic acids is 2. The molecule has 156 valence electrons. The van der Waals surface area contributed by atoms with E-state index >= 15 is 0 Å². The molecule has 0 spiro atoms. The summed E-state index contributed by atoms with van der Waals surface area (Å²) in [5, 5.41) is 11.7. The highest BCUT2D eigenvalue weighted by molar-refractivity contribution is 5.95. The van der Waals surface area contributed by atoms with Crippen molar-refractivity contribution in [3.05, 3.63) is 78.4 Å². The molecule has 0 aromatic heterocycles. The van der Waals surface area contributed by atoms with Crippen molar-refractivity contribution in [1.29, 1.82) is 0 Å². The summed E-state index contributed by atoms with van der Waals surface area (Å²) in [4.78, 5) is 26.1. The highest BCUT2D eigenvalue weighted by atomic mass is 16.5. The van der Waals surface area contributed by atoms with Gasteiger partial charge in [-0.1, -0.05) is 56.9 Å². The summed E-state index contributed by atoms with van der Waals surface area (Å²) in [6, 6.07) is 7.40. The van der Waals surface area contributed by atoms with Gasteiger partial charge in [0, 0.05) is 24.4 Å². The molecular formula is C23H31N3O3. The molecule has 1 rings (SSSR count). The lowest BCUT2D eigenvalue weighted by molar-refractivity contribution is -0.124. The number of anilines is 1. The van der Waals surface area contributed by atoms with Crippen molar-refractivity contribution in [2.75, 3.05) is 18.4 Å². The molecule has 3 amide bonds. The van der Waals surface area contributed by atoms with E-state index in [9.17, 15) is 9.59 Å². The van der Waals surface area contributed by atoms with Gasteiger partial charge in [0.15, 0.2) is 0 Å². The van der Waals surface area contributed by atoms with E-state index in [-0.39, 0.29) is 11.6 Å². The predicted molar refractivity (Wildman–Crippen MR) is 118 cm³/mol. The Hall–Kier alpha value is -3.12. The minimum absolute atomic E-state index is 0.209. The van der Waals surface area contributed by atoms with Crippen molar-refractivity contribution in [1.82, 2.24) is 10.4 Å². The smallest absolute Gasteiger partial charge is 0.320 e. The zero-order chi connectivity index (χ0) is 21.8. The fraction of sp³-hybridized carbons (Fsp3) is 0.304. The Morgan fingerprint density at radius 1 is 1.21 bits per heavy atom. The average molecular weight is 398 g/mol. The Labute approximate surface area is 173 Å². The van der Waals surface area contributed by atoms with Crippen molar-refractivity contribution < 1.29 is 14.8 Å². The predicted octanol–water partition coefficient (Wildman–Crippen LogP) is 4.61. The SMILES string of the molecule is C=C/C=C(\C=C/C(=C)CN(CCC(C)C)C(=O)Nc1ccc(C)cc1)C(=O)NO. The molecule has 1 aromatic carbocycles. The number of carbonyl (C=O) groups is 2. The molecule has 0 radical (unpaired) electrons. The third-order valence-electron chi connectivity index (χ3n) is 4.12. The number of urea groups is 1. The lowest BCUT2D eigenvalue weighted by Crippen LogP contribution is -2.37. The number of hydrogen-bond acceptors (Lipinski definition) is 3. The first-order valence-electron chi connectivity index (χ1n) is 9.52. The zero-order valence-corrected chi connectivity index (χ0v) is 17.4. The second kappa shape index (κ2) is 12.4. The molecule has 0 saturated carbocycles. The van der Waals surface area contributed by atoms with Gasteiger partial charge in [-0.2, -0.15) is 0 Å². The number of hydroxylamine groups is 1. The summed E-state index contributed by atoms with van der Waals surface area (Å²) < 4.78 is 0. The van der Waals surface area contributed by atoms with Gasteiger partial charge in [0.2, 0.25) is 0 Å². The van der Waals surface area contributed by atoms with Crippen LogP contribution in [0.4, 0.5) is 10.5 Å². The van der Waals surface area contributed by atoms with E-state index in [4.69, 9.17) is 5.21 Å². The van der Waals surface area contributed by atoms with Crippen LogP contribution < -0.4 is 10.8 Å². The van der Waals surface area contributed by atoms with E-state index in [0.29, 0.717) is 24.6 Å². The second-order valence-corrected chi connectivity index (χ2v) is 7.19. The Bertz CT molecular complexity index is 777. The fourth-order valence-electron chi connectivity index (χ4n) is 2.41. The molecule has 6 heteroatoms. The fourth-order valence-corrected chi connectivity index (χ4v) is 2.41. The lowest BCUT2D eigenvalue weighted by atomic mass is 10.1. The summed E-state index contributed by atoms with van der Waals surface area (Å²) in [6.45, 7) is 14.6. The maximum atomic E-state index is 12.8. The van der Waals surface area contributed by atoms with Crippen LogP contribution >= 0.6 is 0 Å². The van der Waals surface area contributed by atoms with E-state index < -0.39 is 5.91 Å². The van der Waals surface area contributed by atoms with Crippen LogP contribution in [0.15, 0.2) is 72.9 Å². The molecule has 0 saturated heterocycles. The molecule has 0 aliphatic rings. The van der Waals surface area contributed by atoms with Crippen LogP contribution in [0.25, 0.3) is 0 Å². The second-order valence-electron chi connectivity index (χ2n) is 7.19. The molecule has 1 aromatic rings. The van der Waals surface area contributed by atoms with Gasteiger partial charge >= 0.3 is 6.03 Å². The molecule has 0 heterocycles. The average Bonchev–Trinajstić information content (AvgIpc) is 2.69. The Morgan fingerprint density at radius 2 is 1.86 bits per heavy atom. The molecule has 0 unspecified atom stereocenters. The van der Waals surface area contributed by atoms with Crippen molar-refractivity contribution in [3.8, 4) is 0 Å². The molecule has 0 bridgehead atoms. The highest BCUT2D eigenvalue weighted by Gasteiger charge is 2.15. The standard InChI is InChI=1S/C23H31N3O3/c1-6-7-20(22(27)25-29)11-8-19(5)16-26(15-14-17(2)3)23(28)24-21-12-9-18(4)10-13-21/h6-13,17,29H,1,5,14-16H2,2-4H3,(H,24,28)(H,25,27)/b11-8-,20-7+. The molecule has 0 aliphatic carbocycles. The Morgan fingerprint density at radius 3 is 2.41 bits per heavy atom. The first-order chi connectivity index (χ1) is 13.8. The first kappa shape index (κ1) is 23.9. The van der Waals surface area contributed by atoms with Gasteiger partial charge in [0.25, 0.3) is 5.91 Å². The van der Waals surface area contributed by atoms with E-state index in [1.807, 2.05) is 31.2 Å². The summed E-state index contributed by atoms with van der Waals surface area (Å²) in [5.74, 6) is -0.202. The van der Waals surface area contributed by atoms with E-state index in [2.05, 4.69) is 32.3 Å². The van der Waals surface area contributed by atoms with Gasteiger partial charge in [0.05, 0.1) is 0 Å². The van der Waals surface area contributed by atoms with Crippen LogP contribution in [-0.2, 0) is 4.79 Å². The number of rotatable bonds is 10. The summed E-state index contributed by atoms with van der Waals surface area (Å²) in [6.07, 6.45) is 6.94. The van der Waals surface area contributed by atoms with Gasteiger partial charge < -0.3 is 10.2 Å². The molecule has 0 aliphatic heterocycles. The highest BCUT2D eigenvalue weighted by Crippen LogP contribution is 2.12. The Balaban J connectivity index is 2.86.